The van der Waals surface area contributed by atoms with E-state index in [-0.39, 0.29) is 0 Å². The van der Waals surface area contributed by atoms with Crippen LogP contribution in [-0.2, 0) is 4.79 Å². The zero-order valence-corrected chi connectivity index (χ0v) is 16.0. The van der Waals surface area contributed by atoms with Crippen LogP contribution in [0.1, 0.15) is 24.5 Å². The van der Waals surface area contributed by atoms with Gasteiger partial charge in [0.15, 0.2) is 0 Å². The first-order valence-corrected chi connectivity index (χ1v) is 8.66. The number of carboxylic acid groups (broad SMARTS) is 1. The van der Waals surface area contributed by atoms with E-state index in [9.17, 15) is 9.90 Å². The molecule has 1 unspecified atom stereocenters. The Hall–Kier alpha value is -2.27. The van der Waals surface area contributed by atoms with E-state index in [1.165, 1.54) is 0 Å². The van der Waals surface area contributed by atoms with E-state index in [2.05, 4.69) is 15.9 Å². The van der Waals surface area contributed by atoms with Gasteiger partial charge in [0.05, 0.1) is 20.1 Å². The Morgan fingerprint density at radius 2 is 1.36 bits per heavy atom. The lowest BCUT2D eigenvalue weighted by Gasteiger charge is -2.15. The van der Waals surface area contributed by atoms with E-state index < -0.39 is 11.9 Å². The van der Waals surface area contributed by atoms with Crippen molar-refractivity contribution >= 4 is 27.5 Å². The van der Waals surface area contributed by atoms with E-state index in [4.69, 9.17) is 9.47 Å². The Kier molecular flexibility index (Phi) is 6.65. The molecule has 0 aromatic heterocycles. The van der Waals surface area contributed by atoms with Crippen molar-refractivity contribution in [1.82, 2.24) is 0 Å². The molecule has 2 aromatic carbocycles. The number of carboxylic acids is 1. The van der Waals surface area contributed by atoms with E-state index in [1.807, 2.05) is 48.5 Å². The maximum atomic E-state index is 11.2. The maximum Gasteiger partial charge on any atom is 0.306 e. The molecule has 5 heteroatoms. The molecule has 0 saturated heterocycles. The Balaban J connectivity index is 2.50. The third-order valence-corrected chi connectivity index (χ3v) is 4.66. The standard InChI is InChI=1S/C20H21BrO4/c1-13(20(22)23)12-18(21)19(14-4-8-16(24-2)9-5-14)15-6-10-17(25-3)11-7-15/h4-11,13H,12H2,1-3H3,(H,22,23). The van der Waals surface area contributed by atoms with Crippen LogP contribution >= 0.6 is 15.9 Å². The quantitative estimate of drug-likeness (QED) is 0.707. The van der Waals surface area contributed by atoms with Crippen molar-refractivity contribution in [2.45, 2.75) is 13.3 Å². The minimum Gasteiger partial charge on any atom is -0.497 e. The molecule has 0 amide bonds. The minimum atomic E-state index is -0.819. The molecule has 4 nitrogen and oxygen atoms in total. The molecule has 0 saturated carbocycles. The van der Waals surface area contributed by atoms with Crippen LogP contribution in [0.4, 0.5) is 0 Å². The van der Waals surface area contributed by atoms with Gasteiger partial charge >= 0.3 is 5.97 Å². The molecule has 1 atom stereocenters. The van der Waals surface area contributed by atoms with Gasteiger partial charge < -0.3 is 14.6 Å². The van der Waals surface area contributed by atoms with Crippen LogP contribution in [0, 0.1) is 5.92 Å². The summed E-state index contributed by atoms with van der Waals surface area (Å²) in [5, 5.41) is 9.21. The average molecular weight is 405 g/mol. The largest absolute Gasteiger partial charge is 0.497 e. The molecule has 0 bridgehead atoms. The van der Waals surface area contributed by atoms with Crippen molar-refractivity contribution in [2.75, 3.05) is 14.2 Å². The van der Waals surface area contributed by atoms with Crippen molar-refractivity contribution in [3.63, 3.8) is 0 Å². The first-order chi connectivity index (χ1) is 12.0. The highest BCUT2D eigenvalue weighted by molar-refractivity contribution is 9.11. The van der Waals surface area contributed by atoms with E-state index in [1.54, 1.807) is 21.1 Å². The lowest BCUT2D eigenvalue weighted by Crippen LogP contribution is -2.09. The fraction of sp³-hybridized carbons (Fsp3) is 0.250. The van der Waals surface area contributed by atoms with E-state index in [0.29, 0.717) is 6.42 Å². The Morgan fingerprint density at radius 1 is 0.960 bits per heavy atom. The molecule has 132 valence electrons. The molecule has 2 rings (SSSR count). The van der Waals surface area contributed by atoms with Crippen molar-refractivity contribution in [3.8, 4) is 11.5 Å². The van der Waals surface area contributed by atoms with Gasteiger partial charge in [-0.15, -0.1) is 0 Å². The first kappa shape index (κ1) is 19.1. The second kappa shape index (κ2) is 8.72. The summed E-state index contributed by atoms with van der Waals surface area (Å²) in [6.07, 6.45) is 0.405. The van der Waals surface area contributed by atoms with Gasteiger partial charge in [-0.3, -0.25) is 4.79 Å². The second-order valence-electron chi connectivity index (χ2n) is 5.68. The van der Waals surface area contributed by atoms with E-state index >= 15 is 0 Å². The van der Waals surface area contributed by atoms with Crippen molar-refractivity contribution < 1.29 is 19.4 Å². The normalized spacial score (nSPS) is 11.5. The summed E-state index contributed by atoms with van der Waals surface area (Å²) in [6.45, 7) is 1.70. The highest BCUT2D eigenvalue weighted by Gasteiger charge is 2.17. The summed E-state index contributed by atoms with van der Waals surface area (Å²) in [7, 11) is 3.25. The summed E-state index contributed by atoms with van der Waals surface area (Å²) in [6, 6.07) is 15.4. The highest BCUT2D eigenvalue weighted by Crippen LogP contribution is 2.35. The van der Waals surface area contributed by atoms with Crippen molar-refractivity contribution in [3.05, 3.63) is 64.1 Å². The summed E-state index contributed by atoms with van der Waals surface area (Å²) >= 11 is 3.61. The van der Waals surface area contributed by atoms with Gasteiger partial charge in [-0.1, -0.05) is 47.1 Å². The molecule has 25 heavy (non-hydrogen) atoms. The van der Waals surface area contributed by atoms with Crippen molar-refractivity contribution in [1.29, 1.82) is 0 Å². The fourth-order valence-corrected chi connectivity index (χ4v) is 3.40. The molecule has 0 aliphatic heterocycles. The molecule has 0 fully saturated rings. The molecule has 0 heterocycles. The Morgan fingerprint density at radius 3 is 1.68 bits per heavy atom. The minimum absolute atomic E-state index is 0.405. The third-order valence-electron chi connectivity index (χ3n) is 3.94. The highest BCUT2D eigenvalue weighted by atomic mass is 79.9. The van der Waals surface area contributed by atoms with Crippen LogP contribution in [0.15, 0.2) is 53.0 Å². The number of allylic oxidation sites excluding steroid dienone is 1. The van der Waals surface area contributed by atoms with Gasteiger partial charge in [0.25, 0.3) is 0 Å². The number of halogens is 1. The zero-order valence-electron chi connectivity index (χ0n) is 14.5. The van der Waals surface area contributed by atoms with Crippen LogP contribution in [0.3, 0.4) is 0 Å². The first-order valence-electron chi connectivity index (χ1n) is 7.86. The number of aliphatic carboxylic acids is 1. The number of benzene rings is 2. The van der Waals surface area contributed by atoms with Gasteiger partial charge in [0.1, 0.15) is 11.5 Å². The van der Waals surface area contributed by atoms with Gasteiger partial charge in [0, 0.05) is 4.48 Å². The van der Waals surface area contributed by atoms with Gasteiger partial charge in [-0.2, -0.15) is 0 Å². The predicted octanol–water partition coefficient (Wildman–Crippen LogP) is 4.97. The SMILES string of the molecule is COc1ccc(C(=C(Br)CC(C)C(=O)O)c2ccc(OC)cc2)cc1. The van der Waals surface area contributed by atoms with Crippen molar-refractivity contribution in [2.24, 2.45) is 5.92 Å². The fourth-order valence-electron chi connectivity index (χ4n) is 2.45. The van der Waals surface area contributed by atoms with Crippen LogP contribution < -0.4 is 9.47 Å². The zero-order chi connectivity index (χ0) is 18.4. The topological polar surface area (TPSA) is 55.8 Å². The van der Waals surface area contributed by atoms with Gasteiger partial charge in [0.2, 0.25) is 0 Å². The molecule has 0 spiro atoms. The Labute approximate surface area is 156 Å². The number of hydrogen-bond donors (Lipinski definition) is 1. The summed E-state index contributed by atoms with van der Waals surface area (Å²) < 4.78 is 11.3. The summed E-state index contributed by atoms with van der Waals surface area (Å²) in [4.78, 5) is 11.2. The number of ether oxygens (including phenoxy) is 2. The van der Waals surface area contributed by atoms with Crippen LogP contribution in [0.25, 0.3) is 5.57 Å². The van der Waals surface area contributed by atoms with Gasteiger partial charge in [-0.25, -0.2) is 0 Å². The molecule has 1 N–H and O–H groups in total. The number of carbonyl (C=O) groups is 1. The monoisotopic (exact) mass is 404 g/mol. The van der Waals surface area contributed by atoms with E-state index in [0.717, 1.165) is 32.7 Å². The van der Waals surface area contributed by atoms with Gasteiger partial charge in [-0.05, 0) is 47.4 Å². The molecular formula is C20H21BrO4. The molecule has 0 aliphatic rings. The predicted molar refractivity (Wildman–Crippen MR) is 102 cm³/mol. The molecule has 0 radical (unpaired) electrons. The molecular weight excluding hydrogens is 384 g/mol. The third kappa shape index (κ3) is 4.86. The summed E-state index contributed by atoms with van der Waals surface area (Å²) in [5.74, 6) is 0.238. The lowest BCUT2D eigenvalue weighted by atomic mass is 9.94. The number of methoxy groups -OCH3 is 2. The van der Waals surface area contributed by atoms with Crippen LogP contribution in [-0.4, -0.2) is 25.3 Å². The average Bonchev–Trinajstić information content (AvgIpc) is 2.63. The lowest BCUT2D eigenvalue weighted by molar-refractivity contribution is -0.141. The smallest absolute Gasteiger partial charge is 0.306 e. The second-order valence-corrected chi connectivity index (χ2v) is 6.64. The van der Waals surface area contributed by atoms with Crippen LogP contribution in [0.2, 0.25) is 0 Å². The van der Waals surface area contributed by atoms with Crippen LogP contribution in [0.5, 0.6) is 11.5 Å². The number of hydrogen-bond acceptors (Lipinski definition) is 3. The Bertz CT molecular complexity index is 699. The maximum absolute atomic E-state index is 11.2. The number of rotatable bonds is 7. The summed E-state index contributed by atoms with van der Waals surface area (Å²) in [5.41, 5.74) is 2.92. The molecule has 0 aliphatic carbocycles. The molecule has 2 aromatic rings.